The molecule has 0 fully saturated rings. The zero-order chi connectivity index (χ0) is 11.7. The van der Waals surface area contributed by atoms with E-state index < -0.39 is 0 Å². The average molecular weight is 276 g/mol. The van der Waals surface area contributed by atoms with Crippen molar-refractivity contribution < 1.29 is 0 Å². The van der Waals surface area contributed by atoms with Gasteiger partial charge in [0.05, 0.1) is 17.1 Å². The predicted molar refractivity (Wildman–Crippen MR) is 68.5 cm³/mol. The lowest BCUT2D eigenvalue weighted by Gasteiger charge is -2.12. The minimum Gasteiger partial charge on any atom is -0.363 e. The van der Waals surface area contributed by atoms with Crippen molar-refractivity contribution >= 4 is 32.7 Å². The highest BCUT2D eigenvalue weighted by molar-refractivity contribution is 9.10. The van der Waals surface area contributed by atoms with Crippen LogP contribution >= 0.6 is 15.9 Å². The van der Waals surface area contributed by atoms with E-state index in [0.717, 1.165) is 21.2 Å². The van der Waals surface area contributed by atoms with Crippen LogP contribution in [0, 0.1) is 11.3 Å². The van der Waals surface area contributed by atoms with Gasteiger partial charge in [-0.2, -0.15) is 5.26 Å². The predicted octanol–water partition coefficient (Wildman–Crippen LogP) is 2.93. The van der Waals surface area contributed by atoms with Crippen LogP contribution in [0.2, 0.25) is 0 Å². The Kier molecular flexibility index (Phi) is 2.80. The van der Waals surface area contributed by atoms with Gasteiger partial charge >= 0.3 is 0 Å². The fourth-order valence-electron chi connectivity index (χ4n) is 1.51. The molecule has 0 atom stereocenters. The van der Waals surface area contributed by atoms with Gasteiger partial charge < -0.3 is 4.90 Å². The van der Waals surface area contributed by atoms with Crippen LogP contribution in [-0.4, -0.2) is 19.1 Å². The number of aromatic nitrogens is 1. The molecule has 0 saturated heterocycles. The Morgan fingerprint density at radius 1 is 1.31 bits per heavy atom. The van der Waals surface area contributed by atoms with Gasteiger partial charge in [0, 0.05) is 24.0 Å². The highest BCUT2D eigenvalue weighted by atomic mass is 79.9. The van der Waals surface area contributed by atoms with Crippen molar-refractivity contribution in [2.75, 3.05) is 19.0 Å². The van der Waals surface area contributed by atoms with Crippen LogP contribution < -0.4 is 4.90 Å². The fourth-order valence-corrected chi connectivity index (χ4v) is 1.87. The van der Waals surface area contributed by atoms with E-state index in [2.05, 4.69) is 27.0 Å². The number of rotatable bonds is 1. The maximum atomic E-state index is 9.12. The molecule has 0 spiro atoms. The summed E-state index contributed by atoms with van der Waals surface area (Å²) in [6, 6.07) is 9.76. The highest BCUT2D eigenvalue weighted by Gasteiger charge is 2.07. The summed E-state index contributed by atoms with van der Waals surface area (Å²) in [6.45, 7) is 0. The largest absolute Gasteiger partial charge is 0.363 e. The van der Waals surface area contributed by atoms with Crippen LogP contribution in [0.25, 0.3) is 10.9 Å². The van der Waals surface area contributed by atoms with Gasteiger partial charge in [-0.3, -0.25) is 0 Å². The standard InChI is InChI=1S/C12H10BrN3/c1-16(2)12-5-8(7-14)10-6-9(13)3-4-11(10)15-12/h3-6H,1-2H3. The lowest BCUT2D eigenvalue weighted by molar-refractivity contribution is 1.08. The van der Waals surface area contributed by atoms with Gasteiger partial charge in [-0.25, -0.2) is 4.98 Å². The molecule has 2 rings (SSSR count). The number of nitriles is 1. The average Bonchev–Trinajstić information content (AvgIpc) is 2.27. The molecule has 16 heavy (non-hydrogen) atoms. The Bertz CT molecular complexity index is 585. The quantitative estimate of drug-likeness (QED) is 0.804. The van der Waals surface area contributed by atoms with Crippen LogP contribution in [0.4, 0.5) is 5.82 Å². The molecule has 1 aromatic heterocycles. The summed E-state index contributed by atoms with van der Waals surface area (Å²) in [5.41, 5.74) is 1.49. The van der Waals surface area contributed by atoms with Gasteiger partial charge in [-0.05, 0) is 24.3 Å². The molecule has 0 N–H and O–H groups in total. The van der Waals surface area contributed by atoms with Crippen molar-refractivity contribution in [1.29, 1.82) is 5.26 Å². The van der Waals surface area contributed by atoms with Crippen molar-refractivity contribution in [3.8, 4) is 6.07 Å². The molecule has 0 bridgehead atoms. The summed E-state index contributed by atoms with van der Waals surface area (Å²) in [7, 11) is 3.82. The molecule has 4 heteroatoms. The minimum atomic E-state index is 0.648. The third kappa shape index (κ3) is 1.86. The molecule has 1 heterocycles. The molecule has 3 nitrogen and oxygen atoms in total. The van der Waals surface area contributed by atoms with E-state index in [4.69, 9.17) is 5.26 Å². The van der Waals surface area contributed by atoms with Crippen LogP contribution in [0.5, 0.6) is 0 Å². The first-order valence-corrected chi connectivity index (χ1v) is 5.59. The van der Waals surface area contributed by atoms with E-state index in [9.17, 15) is 0 Å². The molecule has 0 aliphatic rings. The Morgan fingerprint density at radius 3 is 2.69 bits per heavy atom. The van der Waals surface area contributed by atoms with Crippen molar-refractivity contribution in [3.05, 3.63) is 34.3 Å². The maximum Gasteiger partial charge on any atom is 0.130 e. The molecule has 1 aromatic carbocycles. The van der Waals surface area contributed by atoms with Crippen molar-refractivity contribution in [2.24, 2.45) is 0 Å². The lowest BCUT2D eigenvalue weighted by Crippen LogP contribution is -2.10. The van der Waals surface area contributed by atoms with Crippen molar-refractivity contribution in [1.82, 2.24) is 4.98 Å². The van der Waals surface area contributed by atoms with Crippen LogP contribution in [0.1, 0.15) is 5.56 Å². The monoisotopic (exact) mass is 275 g/mol. The number of benzene rings is 1. The first-order chi connectivity index (χ1) is 7.61. The van der Waals surface area contributed by atoms with E-state index in [1.807, 2.05) is 37.2 Å². The minimum absolute atomic E-state index is 0.648. The smallest absolute Gasteiger partial charge is 0.130 e. The summed E-state index contributed by atoms with van der Waals surface area (Å²) in [5.74, 6) is 0.798. The van der Waals surface area contributed by atoms with E-state index in [-0.39, 0.29) is 0 Å². The second-order valence-electron chi connectivity index (χ2n) is 3.70. The Hall–Kier alpha value is -1.60. The van der Waals surface area contributed by atoms with E-state index >= 15 is 0 Å². The van der Waals surface area contributed by atoms with Gasteiger partial charge in [0.2, 0.25) is 0 Å². The third-order valence-electron chi connectivity index (χ3n) is 2.34. The molecule has 0 radical (unpaired) electrons. The zero-order valence-corrected chi connectivity index (χ0v) is 10.6. The summed E-state index contributed by atoms with van der Waals surface area (Å²) in [4.78, 5) is 6.37. The number of fused-ring (bicyclic) bond motifs is 1. The summed E-state index contributed by atoms with van der Waals surface area (Å²) >= 11 is 3.40. The van der Waals surface area contributed by atoms with Crippen molar-refractivity contribution in [3.63, 3.8) is 0 Å². The Morgan fingerprint density at radius 2 is 2.06 bits per heavy atom. The highest BCUT2D eigenvalue weighted by Crippen LogP contribution is 2.24. The topological polar surface area (TPSA) is 39.9 Å². The lowest BCUT2D eigenvalue weighted by atomic mass is 10.1. The second kappa shape index (κ2) is 4.11. The second-order valence-corrected chi connectivity index (χ2v) is 4.61. The molecule has 80 valence electrons. The molecule has 0 aliphatic carbocycles. The van der Waals surface area contributed by atoms with Crippen molar-refractivity contribution in [2.45, 2.75) is 0 Å². The third-order valence-corrected chi connectivity index (χ3v) is 2.83. The summed E-state index contributed by atoms with van der Waals surface area (Å²) in [6.07, 6.45) is 0. The SMILES string of the molecule is CN(C)c1cc(C#N)c2cc(Br)ccc2n1. The van der Waals surface area contributed by atoms with Gasteiger partial charge in [-0.1, -0.05) is 15.9 Å². The molecular weight excluding hydrogens is 266 g/mol. The van der Waals surface area contributed by atoms with Gasteiger partial charge in [0.15, 0.2) is 0 Å². The van der Waals surface area contributed by atoms with E-state index in [1.165, 1.54) is 0 Å². The summed E-state index contributed by atoms with van der Waals surface area (Å²) in [5, 5.41) is 10.00. The van der Waals surface area contributed by atoms with E-state index in [0.29, 0.717) is 5.56 Å². The zero-order valence-electron chi connectivity index (χ0n) is 9.03. The molecule has 0 saturated carbocycles. The molecule has 2 aromatic rings. The number of hydrogen-bond acceptors (Lipinski definition) is 3. The first kappa shape index (κ1) is 10.9. The number of hydrogen-bond donors (Lipinski definition) is 0. The normalized spacial score (nSPS) is 10.1. The summed E-state index contributed by atoms with van der Waals surface area (Å²) < 4.78 is 0.955. The Balaban J connectivity index is 2.80. The molecule has 0 aliphatic heterocycles. The van der Waals surface area contributed by atoms with Gasteiger partial charge in [0.25, 0.3) is 0 Å². The number of anilines is 1. The van der Waals surface area contributed by atoms with Crippen LogP contribution in [0.3, 0.4) is 0 Å². The Labute approximate surface area is 102 Å². The number of halogens is 1. The molecule has 0 unspecified atom stereocenters. The van der Waals surface area contributed by atoms with Gasteiger partial charge in [-0.15, -0.1) is 0 Å². The first-order valence-electron chi connectivity index (χ1n) is 4.79. The van der Waals surface area contributed by atoms with Crippen LogP contribution in [-0.2, 0) is 0 Å². The maximum absolute atomic E-state index is 9.12. The molecular formula is C12H10BrN3. The van der Waals surface area contributed by atoms with E-state index in [1.54, 1.807) is 6.07 Å². The number of nitrogens with zero attached hydrogens (tertiary/aromatic N) is 3. The molecule has 0 amide bonds. The van der Waals surface area contributed by atoms with Gasteiger partial charge in [0.1, 0.15) is 5.82 Å². The number of pyridine rings is 1. The fraction of sp³-hybridized carbons (Fsp3) is 0.167. The van der Waals surface area contributed by atoms with Crippen LogP contribution in [0.15, 0.2) is 28.7 Å².